The predicted molar refractivity (Wildman–Crippen MR) is 103 cm³/mol. The van der Waals surface area contributed by atoms with Crippen molar-refractivity contribution in [2.75, 3.05) is 38.2 Å². The highest BCUT2D eigenvalue weighted by atomic mass is 16.5. The van der Waals surface area contributed by atoms with Gasteiger partial charge in [-0.15, -0.1) is 0 Å². The Balaban J connectivity index is 1.78. The van der Waals surface area contributed by atoms with Crippen LogP contribution in [0.2, 0.25) is 0 Å². The van der Waals surface area contributed by atoms with Gasteiger partial charge < -0.3 is 14.1 Å². The van der Waals surface area contributed by atoms with Crippen molar-refractivity contribution in [1.82, 2.24) is 4.98 Å². The fourth-order valence-electron chi connectivity index (χ4n) is 3.39. The van der Waals surface area contributed by atoms with E-state index in [2.05, 4.69) is 19.9 Å². The van der Waals surface area contributed by atoms with Gasteiger partial charge in [-0.3, -0.25) is 4.99 Å². The summed E-state index contributed by atoms with van der Waals surface area (Å²) in [5, 5.41) is 4.50. The third-order valence-electron chi connectivity index (χ3n) is 4.73. The number of aromatic nitrogens is 1. The van der Waals surface area contributed by atoms with Crippen LogP contribution in [-0.4, -0.2) is 38.3 Å². The molecule has 138 valence electrons. The number of ether oxygens (including phenoxy) is 1. The average Bonchev–Trinajstić information content (AvgIpc) is 2.68. The van der Waals surface area contributed by atoms with Crippen LogP contribution in [0.3, 0.4) is 0 Å². The molecule has 0 aromatic heterocycles. The molecule has 1 aromatic carbocycles. The van der Waals surface area contributed by atoms with Gasteiger partial charge in [-0.25, -0.2) is 4.98 Å². The second-order valence-corrected chi connectivity index (χ2v) is 6.48. The number of anilines is 1. The van der Waals surface area contributed by atoms with Crippen LogP contribution in [0.25, 0.3) is 33.0 Å². The van der Waals surface area contributed by atoms with Crippen molar-refractivity contribution in [2.24, 2.45) is 10.1 Å². The largest absolute Gasteiger partial charge is 0.489 e. The number of hydrogen-bond donors (Lipinski definition) is 0. The summed E-state index contributed by atoms with van der Waals surface area (Å²) < 4.78 is 12.0. The van der Waals surface area contributed by atoms with Crippen molar-refractivity contribution in [1.29, 1.82) is 0 Å². The van der Waals surface area contributed by atoms with E-state index < -0.39 is 0 Å². The average molecular weight is 364 g/mol. The van der Waals surface area contributed by atoms with Gasteiger partial charge in [0.1, 0.15) is 23.6 Å². The highest BCUT2D eigenvalue weighted by Crippen LogP contribution is 2.37. The molecule has 8 heteroatoms. The molecule has 27 heavy (non-hydrogen) atoms. The van der Waals surface area contributed by atoms with E-state index in [1.807, 2.05) is 31.2 Å². The monoisotopic (exact) mass is 364 g/mol. The molecule has 0 N–H and O–H groups in total. The van der Waals surface area contributed by atoms with E-state index in [0.717, 1.165) is 53.1 Å². The first-order valence-electron chi connectivity index (χ1n) is 8.90. The van der Waals surface area contributed by atoms with Crippen LogP contribution in [0, 0.1) is 6.92 Å². The maximum atomic E-state index is 8.42. The summed E-state index contributed by atoms with van der Waals surface area (Å²) in [4.78, 5) is 14.1. The van der Waals surface area contributed by atoms with Crippen molar-refractivity contribution in [3.8, 4) is 17.2 Å². The normalized spacial score (nSPS) is 14.1. The second-order valence-electron chi connectivity index (χ2n) is 6.48. The lowest BCUT2D eigenvalue weighted by atomic mass is 10.1. The summed E-state index contributed by atoms with van der Waals surface area (Å²) in [5.74, 6) is 1.51. The minimum atomic E-state index is 0.482. The SMILES string of the molecule is C/N=c1/cc2oc3cc4c(cc3nc-2cc1C)OCCN4CCCN=[N+]=[N-]. The van der Waals surface area contributed by atoms with Gasteiger partial charge in [0.25, 0.3) is 0 Å². The first-order chi connectivity index (χ1) is 13.2. The summed E-state index contributed by atoms with van der Waals surface area (Å²) in [7, 11) is 1.77. The second kappa shape index (κ2) is 7.17. The summed E-state index contributed by atoms with van der Waals surface area (Å²) >= 11 is 0. The quantitative estimate of drug-likeness (QED) is 0.232. The number of rotatable bonds is 4. The molecule has 0 saturated heterocycles. The minimum absolute atomic E-state index is 0.482. The van der Waals surface area contributed by atoms with Crippen LogP contribution in [0.15, 0.2) is 38.8 Å². The standard InChI is InChI=1S/C19H20N6O2/c1-12-8-14-17(9-13(12)21-2)27-18-11-16-19(10-15(18)23-14)26-7-6-25(16)5-3-4-22-24-20/h8-11H,3-7H2,1-2H3/b21-13-. The molecule has 1 aromatic rings. The summed E-state index contributed by atoms with van der Waals surface area (Å²) in [6.45, 7) is 4.69. The van der Waals surface area contributed by atoms with Gasteiger partial charge >= 0.3 is 0 Å². The summed E-state index contributed by atoms with van der Waals surface area (Å²) in [6.07, 6.45) is 0.787. The van der Waals surface area contributed by atoms with E-state index >= 15 is 0 Å². The fraction of sp³-hybridized carbons (Fsp3) is 0.368. The predicted octanol–water partition coefficient (Wildman–Crippen LogP) is 3.67. The minimum Gasteiger partial charge on any atom is -0.489 e. The number of fused-ring (bicyclic) bond motifs is 3. The van der Waals surface area contributed by atoms with E-state index in [0.29, 0.717) is 24.5 Å². The van der Waals surface area contributed by atoms with Crippen LogP contribution < -0.4 is 15.0 Å². The van der Waals surface area contributed by atoms with E-state index in [4.69, 9.17) is 19.7 Å². The molecule has 4 rings (SSSR count). The number of hydrogen-bond acceptors (Lipinski definition) is 6. The Labute approximate surface area is 156 Å². The summed E-state index contributed by atoms with van der Waals surface area (Å²) in [6, 6.07) is 7.82. The fourth-order valence-corrected chi connectivity index (χ4v) is 3.39. The Hall–Kier alpha value is -3.25. The summed E-state index contributed by atoms with van der Waals surface area (Å²) in [5.41, 5.74) is 12.7. The Morgan fingerprint density at radius 3 is 3.00 bits per heavy atom. The smallest absolute Gasteiger partial charge is 0.155 e. The van der Waals surface area contributed by atoms with Gasteiger partial charge in [-0.1, -0.05) is 5.11 Å². The van der Waals surface area contributed by atoms with Crippen LogP contribution in [0.4, 0.5) is 5.69 Å². The van der Waals surface area contributed by atoms with Crippen LogP contribution in [0.5, 0.6) is 5.75 Å². The number of benzene rings is 2. The molecule has 0 unspecified atom stereocenters. The third kappa shape index (κ3) is 3.27. The van der Waals surface area contributed by atoms with Gasteiger partial charge in [0.15, 0.2) is 11.3 Å². The molecular formula is C19H20N6O2. The molecule has 2 aliphatic heterocycles. The third-order valence-corrected chi connectivity index (χ3v) is 4.73. The first kappa shape index (κ1) is 17.2. The zero-order valence-electron chi connectivity index (χ0n) is 15.3. The van der Waals surface area contributed by atoms with Crippen LogP contribution in [-0.2, 0) is 0 Å². The Kier molecular flexibility index (Phi) is 4.56. The van der Waals surface area contributed by atoms with Gasteiger partial charge in [0, 0.05) is 43.2 Å². The Bertz CT molecular complexity index is 1080. The lowest BCUT2D eigenvalue weighted by molar-refractivity contribution is 0.307. The molecule has 0 saturated carbocycles. The van der Waals surface area contributed by atoms with Gasteiger partial charge in [-0.2, -0.15) is 0 Å². The topological polar surface area (TPSA) is 99.6 Å². The molecule has 0 amide bonds. The van der Waals surface area contributed by atoms with Gasteiger partial charge in [0.05, 0.1) is 17.6 Å². The lowest BCUT2D eigenvalue weighted by Gasteiger charge is -2.31. The zero-order chi connectivity index (χ0) is 18.8. The van der Waals surface area contributed by atoms with Crippen LogP contribution >= 0.6 is 0 Å². The molecular weight excluding hydrogens is 344 g/mol. The van der Waals surface area contributed by atoms with Crippen molar-refractivity contribution in [3.63, 3.8) is 0 Å². The number of azide groups is 1. The van der Waals surface area contributed by atoms with Gasteiger partial charge in [0.2, 0.25) is 0 Å². The highest BCUT2D eigenvalue weighted by molar-refractivity contribution is 5.84. The maximum absolute atomic E-state index is 8.42. The first-order valence-corrected chi connectivity index (χ1v) is 8.90. The van der Waals surface area contributed by atoms with Crippen molar-refractivity contribution in [3.05, 3.63) is 45.6 Å². The van der Waals surface area contributed by atoms with Crippen LogP contribution in [0.1, 0.15) is 12.0 Å². The zero-order valence-corrected chi connectivity index (χ0v) is 15.3. The molecule has 3 aliphatic rings. The maximum Gasteiger partial charge on any atom is 0.155 e. The molecule has 1 aliphatic carbocycles. The van der Waals surface area contributed by atoms with Gasteiger partial charge in [-0.05, 0) is 30.5 Å². The number of aryl methyl sites for hydroxylation is 1. The van der Waals surface area contributed by atoms with E-state index in [-0.39, 0.29) is 0 Å². The molecule has 0 atom stereocenters. The van der Waals surface area contributed by atoms with Crippen molar-refractivity contribution < 1.29 is 9.15 Å². The van der Waals surface area contributed by atoms with Crippen molar-refractivity contribution >= 4 is 16.8 Å². The Morgan fingerprint density at radius 1 is 1.30 bits per heavy atom. The van der Waals surface area contributed by atoms with Crippen molar-refractivity contribution in [2.45, 2.75) is 13.3 Å². The van der Waals surface area contributed by atoms with E-state index in [9.17, 15) is 0 Å². The lowest BCUT2D eigenvalue weighted by Crippen LogP contribution is -2.33. The molecule has 0 spiro atoms. The van der Waals surface area contributed by atoms with E-state index in [1.54, 1.807) is 7.05 Å². The Morgan fingerprint density at radius 2 is 2.19 bits per heavy atom. The molecule has 2 heterocycles. The highest BCUT2D eigenvalue weighted by Gasteiger charge is 2.21. The molecule has 0 fully saturated rings. The van der Waals surface area contributed by atoms with E-state index in [1.165, 1.54) is 0 Å². The number of nitrogens with zero attached hydrogens (tertiary/aromatic N) is 6. The molecule has 0 radical (unpaired) electrons. The molecule has 8 nitrogen and oxygen atoms in total. The molecule has 0 bridgehead atoms.